The zero-order valence-electron chi connectivity index (χ0n) is 20.6. The molecule has 0 saturated heterocycles. The van der Waals surface area contributed by atoms with Gasteiger partial charge in [-0.3, -0.25) is 4.79 Å². The van der Waals surface area contributed by atoms with E-state index in [0.717, 1.165) is 0 Å². The summed E-state index contributed by atoms with van der Waals surface area (Å²) in [5, 5.41) is 0. The van der Waals surface area contributed by atoms with E-state index in [9.17, 15) is 4.79 Å². The highest BCUT2D eigenvalue weighted by molar-refractivity contribution is 5.95. The minimum Gasteiger partial charge on any atom is -0.491 e. The fourth-order valence-electron chi connectivity index (χ4n) is 2.77. The summed E-state index contributed by atoms with van der Waals surface area (Å²) in [5.74, 6) is -0.896. The Morgan fingerprint density at radius 1 is 1.19 bits per heavy atom. The van der Waals surface area contributed by atoms with Gasteiger partial charge in [0.1, 0.15) is 18.1 Å². The van der Waals surface area contributed by atoms with Crippen LogP contribution in [0.1, 0.15) is 29.7 Å². The van der Waals surface area contributed by atoms with Crippen LogP contribution in [0.5, 0.6) is 5.75 Å². The largest absolute Gasteiger partial charge is 0.491 e. The van der Waals surface area contributed by atoms with Gasteiger partial charge in [-0.05, 0) is 48.4 Å². The van der Waals surface area contributed by atoms with Crippen LogP contribution in [0.25, 0.3) is 11.1 Å². The Hall–Kier alpha value is -3.34. The molecule has 0 radical (unpaired) electrons. The molecule has 0 spiro atoms. The first-order valence-corrected chi connectivity index (χ1v) is 8.32. The Labute approximate surface area is 166 Å². The van der Waals surface area contributed by atoms with Crippen molar-refractivity contribution in [2.75, 3.05) is 18.8 Å². The number of nitrogens with two attached hydrogens (primary N) is 1. The Bertz CT molecular complexity index is 1230. The zero-order chi connectivity index (χ0) is 24.2. The Morgan fingerprint density at radius 3 is 2.78 bits per heavy atom. The number of anilines is 1. The molecule has 0 atom stereocenters. The molecule has 5 nitrogen and oxygen atoms in total. The minimum atomic E-state index is -3.15. The maximum absolute atomic E-state index is 13.5. The number of rotatable bonds is 2. The first-order chi connectivity index (χ1) is 15.4. The van der Waals surface area contributed by atoms with Gasteiger partial charge in [0.2, 0.25) is 0 Å². The Morgan fingerprint density at radius 2 is 2.00 bits per heavy atom. The van der Waals surface area contributed by atoms with Crippen molar-refractivity contribution in [1.29, 1.82) is 0 Å². The number of hydrogen-bond donors (Lipinski definition) is 1. The quantitative estimate of drug-likeness (QED) is 0.752. The van der Waals surface area contributed by atoms with Crippen LogP contribution in [0.4, 0.5) is 5.82 Å². The van der Waals surface area contributed by atoms with E-state index < -0.39 is 25.5 Å². The molecular formula is C22H21N3O2. The summed E-state index contributed by atoms with van der Waals surface area (Å²) in [7, 11) is 0. The zero-order valence-corrected chi connectivity index (χ0v) is 14.6. The van der Waals surface area contributed by atoms with Gasteiger partial charge in [-0.1, -0.05) is 24.3 Å². The van der Waals surface area contributed by atoms with Gasteiger partial charge >= 0.3 is 0 Å². The highest BCUT2D eigenvalue weighted by Gasteiger charge is 2.22. The number of fused-ring (bicyclic) bond motifs is 1. The van der Waals surface area contributed by atoms with Crippen LogP contribution in [-0.2, 0) is 6.50 Å². The van der Waals surface area contributed by atoms with Crippen molar-refractivity contribution in [2.24, 2.45) is 0 Å². The second-order valence-corrected chi connectivity index (χ2v) is 6.07. The molecule has 0 unspecified atom stereocenters. The second kappa shape index (κ2) is 7.11. The molecule has 2 aromatic carbocycles. The molecule has 0 saturated carbocycles. The lowest BCUT2D eigenvalue weighted by molar-refractivity contribution is 0.0732. The van der Waals surface area contributed by atoms with Gasteiger partial charge in [-0.15, -0.1) is 0 Å². The number of benzene rings is 2. The predicted molar refractivity (Wildman–Crippen MR) is 105 cm³/mol. The van der Waals surface area contributed by atoms with Crippen LogP contribution in [0.2, 0.25) is 0 Å². The van der Waals surface area contributed by atoms with Crippen molar-refractivity contribution < 1.29 is 17.8 Å². The smallest absolute Gasteiger partial charge is 0.254 e. The Kier molecular flexibility index (Phi) is 3.00. The summed E-state index contributed by atoms with van der Waals surface area (Å²) in [6, 6.07) is 14.0. The van der Waals surface area contributed by atoms with Crippen LogP contribution in [-0.4, -0.2) is 28.8 Å². The molecule has 1 aliphatic heterocycles. The van der Waals surface area contributed by atoms with E-state index in [1.54, 1.807) is 43.3 Å². The molecule has 1 aliphatic rings. The SMILES string of the molecule is [2H]C1([2H])c2cc(-c3ccc(N)nc3)ccc2OC([2H])([2H])C([2H])([2H])N1C(=O)c1ccccc1C. The molecule has 1 amide bonds. The third-order valence-electron chi connectivity index (χ3n) is 4.23. The second-order valence-electron chi connectivity index (χ2n) is 6.07. The predicted octanol–water partition coefficient (Wildman–Crippen LogP) is 3.67. The number of aromatic nitrogens is 1. The lowest BCUT2D eigenvalue weighted by Crippen LogP contribution is -2.32. The molecule has 5 heteroatoms. The number of carbonyl (C=O) groups excluding carboxylic acids is 1. The molecule has 136 valence electrons. The Balaban J connectivity index is 1.93. The topological polar surface area (TPSA) is 68.5 Å². The third kappa shape index (κ3) is 3.49. The maximum atomic E-state index is 13.5. The average molecular weight is 365 g/mol. The molecule has 2 heterocycles. The van der Waals surface area contributed by atoms with Crippen LogP contribution < -0.4 is 10.5 Å². The van der Waals surface area contributed by atoms with Gasteiger partial charge in [0.25, 0.3) is 5.91 Å². The molecule has 2 N–H and O–H groups in total. The van der Waals surface area contributed by atoms with Gasteiger partial charge in [0.05, 0.1) is 14.7 Å². The summed E-state index contributed by atoms with van der Waals surface area (Å²) in [6.07, 6.45) is 1.50. The first kappa shape index (κ1) is 11.4. The molecule has 3 aromatic rings. The monoisotopic (exact) mass is 365 g/mol. The minimum absolute atomic E-state index is 0.0587. The summed E-state index contributed by atoms with van der Waals surface area (Å²) in [5.41, 5.74) is 7.13. The van der Waals surface area contributed by atoms with E-state index in [2.05, 4.69) is 4.98 Å². The van der Waals surface area contributed by atoms with E-state index >= 15 is 0 Å². The van der Waals surface area contributed by atoms with Gasteiger partial charge < -0.3 is 15.4 Å². The maximum Gasteiger partial charge on any atom is 0.254 e. The summed E-state index contributed by atoms with van der Waals surface area (Å²) >= 11 is 0. The normalized spacial score (nSPS) is 22.3. The average Bonchev–Trinajstić information content (AvgIpc) is 2.78. The molecule has 0 bridgehead atoms. The number of amides is 1. The number of nitrogens with zero attached hydrogens (tertiary/aromatic N) is 2. The number of nitrogen functional groups attached to an aromatic ring is 1. The highest BCUT2D eigenvalue weighted by atomic mass is 16.5. The van der Waals surface area contributed by atoms with Gasteiger partial charge in [-0.25, -0.2) is 4.98 Å². The van der Waals surface area contributed by atoms with Gasteiger partial charge in [0, 0.05) is 29.4 Å². The van der Waals surface area contributed by atoms with E-state index in [4.69, 9.17) is 18.7 Å². The third-order valence-corrected chi connectivity index (χ3v) is 4.23. The summed E-state index contributed by atoms with van der Waals surface area (Å²) in [6.45, 7) is -7.33. The summed E-state index contributed by atoms with van der Waals surface area (Å²) < 4.78 is 56.4. The van der Waals surface area contributed by atoms with Crippen molar-refractivity contribution in [3.05, 3.63) is 77.5 Å². The summed E-state index contributed by atoms with van der Waals surface area (Å²) in [4.78, 5) is 17.8. The van der Waals surface area contributed by atoms with Crippen molar-refractivity contribution >= 4 is 11.7 Å². The molecule has 0 aliphatic carbocycles. The van der Waals surface area contributed by atoms with Crippen LogP contribution in [0, 0.1) is 6.92 Å². The van der Waals surface area contributed by atoms with Crippen molar-refractivity contribution in [1.82, 2.24) is 9.88 Å². The number of hydrogen-bond acceptors (Lipinski definition) is 4. The molecule has 0 fully saturated rings. The molecule has 27 heavy (non-hydrogen) atoms. The number of aryl methyl sites for hydroxylation is 1. The standard InChI is InChI=1S/C22H21N3O2/c1-15-4-2-3-5-19(15)22(26)25-10-11-27-20-8-6-16(12-18(20)14-25)17-7-9-21(23)24-13-17/h2-9,12-13H,10-11,14H2,1H3,(H2,23,24)/i10D2,11D2,14D2. The van der Waals surface area contributed by atoms with Gasteiger partial charge in [-0.2, -0.15) is 0 Å². The van der Waals surface area contributed by atoms with Crippen molar-refractivity contribution in [3.63, 3.8) is 0 Å². The molecular weight excluding hydrogens is 338 g/mol. The van der Waals surface area contributed by atoms with E-state index in [0.29, 0.717) is 27.4 Å². The van der Waals surface area contributed by atoms with E-state index in [1.165, 1.54) is 24.4 Å². The number of carbonyl (C=O) groups is 1. The van der Waals surface area contributed by atoms with Crippen molar-refractivity contribution in [3.8, 4) is 16.9 Å². The number of pyridine rings is 1. The van der Waals surface area contributed by atoms with E-state index in [1.807, 2.05) is 0 Å². The first-order valence-electron chi connectivity index (χ1n) is 11.3. The van der Waals surface area contributed by atoms with Gasteiger partial charge in [0.15, 0.2) is 0 Å². The lowest BCUT2D eigenvalue weighted by Gasteiger charge is -2.21. The van der Waals surface area contributed by atoms with Crippen LogP contribution in [0.15, 0.2) is 60.8 Å². The van der Waals surface area contributed by atoms with E-state index in [-0.39, 0.29) is 16.9 Å². The highest BCUT2D eigenvalue weighted by Crippen LogP contribution is 2.30. The molecule has 1 aromatic heterocycles. The number of ether oxygens (including phenoxy) is 1. The lowest BCUT2D eigenvalue weighted by atomic mass is 10.0. The fraction of sp³-hybridized carbons (Fsp3) is 0.182. The van der Waals surface area contributed by atoms with Crippen LogP contribution >= 0.6 is 0 Å². The molecule has 4 rings (SSSR count). The van der Waals surface area contributed by atoms with Crippen molar-refractivity contribution in [2.45, 2.75) is 13.4 Å². The van der Waals surface area contributed by atoms with Crippen LogP contribution in [0.3, 0.4) is 0 Å². The fourth-order valence-corrected chi connectivity index (χ4v) is 2.77.